The van der Waals surface area contributed by atoms with Crippen LogP contribution in [-0.4, -0.2) is 47.4 Å². The van der Waals surface area contributed by atoms with Gasteiger partial charge in [0, 0.05) is 31.9 Å². The van der Waals surface area contributed by atoms with Gasteiger partial charge in [0.05, 0.1) is 5.25 Å². The molecular weight excluding hydrogens is 330 g/mol. The van der Waals surface area contributed by atoms with E-state index in [0.717, 1.165) is 37.8 Å². The van der Waals surface area contributed by atoms with E-state index in [2.05, 4.69) is 51.2 Å². The van der Waals surface area contributed by atoms with Crippen LogP contribution in [-0.2, 0) is 11.2 Å². The van der Waals surface area contributed by atoms with E-state index in [1.54, 1.807) is 11.8 Å². The molecule has 1 unspecified atom stereocenters. The number of nitrogens with zero attached hydrogens (tertiary/aromatic N) is 3. The molecule has 0 aliphatic carbocycles. The number of thioether (sulfide) groups is 1. The number of piperazine rings is 1. The molecule has 1 atom stereocenters. The summed E-state index contributed by atoms with van der Waals surface area (Å²) in [5.74, 6) is 0.00865. The Bertz CT molecular complexity index is 755. The van der Waals surface area contributed by atoms with Crippen LogP contribution in [0.4, 0.5) is 5.69 Å². The fourth-order valence-electron chi connectivity index (χ4n) is 3.27. The van der Waals surface area contributed by atoms with Crippen molar-refractivity contribution in [1.29, 1.82) is 0 Å². The highest BCUT2D eigenvalue weighted by Gasteiger charge is 2.32. The quantitative estimate of drug-likeness (QED) is 0.852. The first-order valence-electron chi connectivity index (χ1n) is 8.68. The summed E-state index contributed by atoms with van der Waals surface area (Å²) in [4.78, 5) is 21.3. The predicted molar refractivity (Wildman–Crippen MR) is 104 cm³/mol. The topological polar surface area (TPSA) is 35.9 Å². The van der Waals surface area contributed by atoms with E-state index in [1.165, 1.54) is 11.3 Å². The summed E-state index contributed by atoms with van der Waals surface area (Å²) in [6, 6.07) is 20.7. The standard InChI is InChI=1S/C20H21N3OS/c24-19-18(15-16-7-3-1-4-8-16)25-20(21-19)23-13-11-22(12-14-23)17-9-5-2-6-10-17/h1-10,18H,11-15H2. The number of benzene rings is 2. The van der Waals surface area contributed by atoms with Crippen LogP contribution < -0.4 is 4.90 Å². The maximum absolute atomic E-state index is 12.3. The molecule has 5 heteroatoms. The van der Waals surface area contributed by atoms with Crippen LogP contribution in [0.25, 0.3) is 0 Å². The molecule has 1 saturated heterocycles. The lowest BCUT2D eigenvalue weighted by Crippen LogP contribution is -2.47. The van der Waals surface area contributed by atoms with Crippen LogP contribution in [0.1, 0.15) is 5.56 Å². The highest BCUT2D eigenvalue weighted by atomic mass is 32.2. The van der Waals surface area contributed by atoms with Crippen LogP contribution in [0.2, 0.25) is 0 Å². The molecule has 4 nitrogen and oxygen atoms in total. The van der Waals surface area contributed by atoms with E-state index in [4.69, 9.17) is 0 Å². The van der Waals surface area contributed by atoms with E-state index >= 15 is 0 Å². The molecule has 1 amide bonds. The van der Waals surface area contributed by atoms with Gasteiger partial charge in [-0.25, -0.2) is 0 Å². The van der Waals surface area contributed by atoms with E-state index in [1.807, 2.05) is 24.3 Å². The Morgan fingerprint density at radius 1 is 0.880 bits per heavy atom. The molecule has 0 spiro atoms. The fourth-order valence-corrected chi connectivity index (χ4v) is 4.43. The van der Waals surface area contributed by atoms with Gasteiger partial charge in [0.25, 0.3) is 5.91 Å². The largest absolute Gasteiger partial charge is 0.368 e. The molecule has 2 aliphatic rings. The third-order valence-corrected chi connectivity index (χ3v) is 5.88. The molecule has 0 bridgehead atoms. The SMILES string of the molecule is O=C1N=C(N2CCN(c3ccccc3)CC2)SC1Cc1ccccc1. The maximum atomic E-state index is 12.3. The Balaban J connectivity index is 1.34. The molecule has 0 saturated carbocycles. The van der Waals surface area contributed by atoms with Gasteiger partial charge in [0.1, 0.15) is 0 Å². The van der Waals surface area contributed by atoms with E-state index in [9.17, 15) is 4.79 Å². The lowest BCUT2D eigenvalue weighted by Gasteiger charge is -2.36. The van der Waals surface area contributed by atoms with E-state index in [0.29, 0.717) is 0 Å². The van der Waals surface area contributed by atoms with Gasteiger partial charge in [-0.05, 0) is 24.1 Å². The van der Waals surface area contributed by atoms with Crippen LogP contribution >= 0.6 is 11.8 Å². The van der Waals surface area contributed by atoms with Crippen molar-refractivity contribution in [3.8, 4) is 0 Å². The van der Waals surface area contributed by atoms with Crippen molar-refractivity contribution < 1.29 is 4.79 Å². The molecule has 2 aromatic rings. The number of para-hydroxylation sites is 1. The number of hydrogen-bond acceptors (Lipinski definition) is 4. The Morgan fingerprint density at radius 2 is 1.48 bits per heavy atom. The second-order valence-electron chi connectivity index (χ2n) is 6.34. The van der Waals surface area contributed by atoms with Crippen LogP contribution in [0.5, 0.6) is 0 Å². The number of hydrogen-bond donors (Lipinski definition) is 0. The van der Waals surface area contributed by atoms with Gasteiger partial charge >= 0.3 is 0 Å². The summed E-state index contributed by atoms with van der Waals surface area (Å²) in [5.41, 5.74) is 2.46. The molecular formula is C20H21N3OS. The maximum Gasteiger partial charge on any atom is 0.262 e. The number of amidine groups is 1. The first kappa shape index (κ1) is 16.2. The zero-order valence-corrected chi connectivity index (χ0v) is 14.9. The van der Waals surface area contributed by atoms with Gasteiger partial charge in [-0.3, -0.25) is 4.79 Å². The van der Waals surface area contributed by atoms with Gasteiger partial charge in [-0.15, -0.1) is 0 Å². The molecule has 1 fully saturated rings. The number of rotatable bonds is 3. The lowest BCUT2D eigenvalue weighted by molar-refractivity contribution is -0.117. The zero-order chi connectivity index (χ0) is 17.1. The van der Waals surface area contributed by atoms with E-state index < -0.39 is 0 Å². The number of amides is 1. The molecule has 2 heterocycles. The number of carbonyl (C=O) groups is 1. The summed E-state index contributed by atoms with van der Waals surface area (Å²) in [6.45, 7) is 3.74. The van der Waals surface area contributed by atoms with Crippen LogP contribution in [0, 0.1) is 0 Å². The summed E-state index contributed by atoms with van der Waals surface area (Å²) in [5, 5.41) is 0.822. The minimum Gasteiger partial charge on any atom is -0.368 e. The number of carbonyl (C=O) groups excluding carboxylic acids is 1. The van der Waals surface area contributed by atoms with Crippen molar-refractivity contribution in [3.63, 3.8) is 0 Å². The lowest BCUT2D eigenvalue weighted by atomic mass is 10.1. The van der Waals surface area contributed by atoms with Gasteiger partial charge in [0.2, 0.25) is 0 Å². The summed E-state index contributed by atoms with van der Waals surface area (Å²) >= 11 is 1.63. The predicted octanol–water partition coefficient (Wildman–Crippen LogP) is 3.05. The fraction of sp³-hybridized carbons (Fsp3) is 0.300. The average molecular weight is 351 g/mol. The second-order valence-corrected chi connectivity index (χ2v) is 7.51. The molecule has 0 radical (unpaired) electrons. The smallest absolute Gasteiger partial charge is 0.262 e. The molecule has 2 aromatic carbocycles. The highest BCUT2D eigenvalue weighted by Crippen LogP contribution is 2.28. The zero-order valence-electron chi connectivity index (χ0n) is 14.0. The van der Waals surface area contributed by atoms with Crippen molar-refractivity contribution in [2.45, 2.75) is 11.7 Å². The van der Waals surface area contributed by atoms with Crippen molar-refractivity contribution in [3.05, 3.63) is 66.2 Å². The molecule has 0 N–H and O–H groups in total. The van der Waals surface area contributed by atoms with Crippen molar-refractivity contribution in [1.82, 2.24) is 4.90 Å². The third-order valence-electron chi connectivity index (χ3n) is 4.66. The Labute approximate surface area is 152 Å². The first-order valence-corrected chi connectivity index (χ1v) is 9.55. The summed E-state index contributed by atoms with van der Waals surface area (Å²) in [7, 11) is 0. The summed E-state index contributed by atoms with van der Waals surface area (Å²) in [6.07, 6.45) is 0.751. The minimum atomic E-state index is -0.0791. The molecule has 2 aliphatic heterocycles. The average Bonchev–Trinajstić information content (AvgIpc) is 3.04. The Hall–Kier alpha value is -2.27. The summed E-state index contributed by atoms with van der Waals surface area (Å²) < 4.78 is 0. The van der Waals surface area contributed by atoms with Crippen molar-refractivity contribution in [2.24, 2.45) is 4.99 Å². The van der Waals surface area contributed by atoms with Gasteiger partial charge in [-0.1, -0.05) is 60.3 Å². The molecule has 0 aromatic heterocycles. The normalized spacial score (nSPS) is 20.7. The van der Waals surface area contributed by atoms with Gasteiger partial charge in [0.15, 0.2) is 5.17 Å². The van der Waals surface area contributed by atoms with Crippen LogP contribution in [0.3, 0.4) is 0 Å². The molecule has 128 valence electrons. The molecule has 25 heavy (non-hydrogen) atoms. The van der Waals surface area contributed by atoms with Crippen LogP contribution in [0.15, 0.2) is 65.7 Å². The Morgan fingerprint density at radius 3 is 2.16 bits per heavy atom. The third kappa shape index (κ3) is 3.71. The van der Waals surface area contributed by atoms with Gasteiger partial charge in [-0.2, -0.15) is 4.99 Å². The first-order chi connectivity index (χ1) is 12.3. The second kappa shape index (κ2) is 7.31. The van der Waals surface area contributed by atoms with Crippen molar-refractivity contribution in [2.75, 3.05) is 31.1 Å². The Kier molecular flexibility index (Phi) is 4.74. The number of aliphatic imine (C=N–C) groups is 1. The molecule has 4 rings (SSSR count). The number of anilines is 1. The van der Waals surface area contributed by atoms with Crippen molar-refractivity contribution >= 4 is 28.5 Å². The minimum absolute atomic E-state index is 0.00865. The highest BCUT2D eigenvalue weighted by molar-refractivity contribution is 8.15. The monoisotopic (exact) mass is 351 g/mol. The van der Waals surface area contributed by atoms with E-state index in [-0.39, 0.29) is 11.2 Å². The van der Waals surface area contributed by atoms with Gasteiger partial charge < -0.3 is 9.80 Å².